The van der Waals surface area contributed by atoms with E-state index in [9.17, 15) is 0 Å². The third kappa shape index (κ3) is 1.85. The van der Waals surface area contributed by atoms with Gasteiger partial charge in [-0.15, -0.1) is 15.0 Å². The summed E-state index contributed by atoms with van der Waals surface area (Å²) in [6.45, 7) is 0.470. The molecule has 0 saturated heterocycles. The minimum atomic E-state index is 0.470. The van der Waals surface area contributed by atoms with Crippen LogP contribution in [0, 0.1) is 0 Å². The van der Waals surface area contributed by atoms with Crippen molar-refractivity contribution < 1.29 is 0 Å². The van der Waals surface area contributed by atoms with Gasteiger partial charge < -0.3 is 0 Å². The first kappa shape index (κ1) is 10.5. The number of hydrogen-bond acceptors (Lipinski definition) is 5. The van der Waals surface area contributed by atoms with Crippen molar-refractivity contribution in [2.45, 2.75) is 6.54 Å². The first-order valence-corrected chi connectivity index (χ1v) is 5.53. The highest BCUT2D eigenvalue weighted by Crippen LogP contribution is 2.34. The largest absolute Gasteiger partial charge is 0.160 e. The van der Waals surface area contributed by atoms with Crippen LogP contribution in [0.15, 0.2) is 34.9 Å². The van der Waals surface area contributed by atoms with Crippen LogP contribution in [0.5, 0.6) is 0 Å². The van der Waals surface area contributed by atoms with Crippen LogP contribution in [-0.4, -0.2) is 15.1 Å². The molecule has 17 heavy (non-hydrogen) atoms. The van der Waals surface area contributed by atoms with Gasteiger partial charge in [-0.2, -0.15) is 5.12 Å². The van der Waals surface area contributed by atoms with E-state index in [1.807, 2.05) is 0 Å². The average Bonchev–Trinajstić information content (AvgIpc) is 2.82. The Labute approximate surface area is 106 Å². The summed E-state index contributed by atoms with van der Waals surface area (Å²) in [5, 5.41) is 18.2. The summed E-state index contributed by atoms with van der Waals surface area (Å²) >= 11 is 12.0. The minimum absolute atomic E-state index is 0.470. The molecule has 0 radical (unpaired) electrons. The second-order valence-corrected chi connectivity index (χ2v) is 4.27. The van der Waals surface area contributed by atoms with Gasteiger partial charge in [0.05, 0.1) is 24.6 Å². The number of rotatable bonds is 1. The molecule has 1 aromatic heterocycles. The Bertz CT molecular complexity index is 579. The summed E-state index contributed by atoms with van der Waals surface area (Å²) in [6.07, 6.45) is 3.24. The molecule has 8 heteroatoms. The molecule has 0 fully saturated rings. The molecule has 0 saturated carbocycles. The first-order valence-electron chi connectivity index (χ1n) is 4.78. The number of fused-ring (bicyclic) bond motifs is 1. The molecule has 1 aromatic carbocycles. The van der Waals surface area contributed by atoms with E-state index >= 15 is 0 Å². The summed E-state index contributed by atoms with van der Waals surface area (Å²) in [5.74, 6) is 0. The molecule has 0 atom stereocenters. The predicted molar refractivity (Wildman–Crippen MR) is 62.9 cm³/mol. The summed E-state index contributed by atoms with van der Waals surface area (Å²) in [4.78, 5) is 1.48. The topological polar surface area (TPSA) is 58.7 Å². The Kier molecular flexibility index (Phi) is 2.45. The van der Waals surface area contributed by atoms with Crippen molar-refractivity contribution in [1.82, 2.24) is 15.1 Å². The van der Waals surface area contributed by atoms with Gasteiger partial charge in [0, 0.05) is 15.6 Å². The maximum atomic E-state index is 6.12. The Morgan fingerprint density at radius 1 is 1.24 bits per heavy atom. The molecular weight excluding hydrogens is 263 g/mol. The van der Waals surface area contributed by atoms with Crippen molar-refractivity contribution in [1.29, 1.82) is 0 Å². The molecule has 2 aromatic rings. The van der Waals surface area contributed by atoms with E-state index in [4.69, 9.17) is 23.2 Å². The third-order valence-corrected chi connectivity index (χ3v) is 2.89. The van der Waals surface area contributed by atoms with Crippen LogP contribution in [0.4, 0.5) is 5.69 Å². The SMILES string of the molecule is Clc1cc(Cl)c2c(c1)N=NN(n1ccnn1)C2. The van der Waals surface area contributed by atoms with Gasteiger partial charge in [-0.1, -0.05) is 23.2 Å². The molecule has 0 bridgehead atoms. The van der Waals surface area contributed by atoms with Crippen LogP contribution in [0.3, 0.4) is 0 Å². The van der Waals surface area contributed by atoms with Crippen LogP contribution in [0.1, 0.15) is 5.56 Å². The smallest absolute Gasteiger partial charge is 0.0956 e. The predicted octanol–water partition coefficient (Wildman–Crippen LogP) is 2.74. The molecule has 0 unspecified atom stereocenters. The van der Waals surface area contributed by atoms with Crippen LogP contribution in [0.25, 0.3) is 0 Å². The summed E-state index contributed by atoms with van der Waals surface area (Å²) in [5.41, 5.74) is 1.54. The van der Waals surface area contributed by atoms with Crippen molar-refractivity contribution in [2.24, 2.45) is 10.3 Å². The van der Waals surface area contributed by atoms with Crippen molar-refractivity contribution in [2.75, 3.05) is 5.12 Å². The lowest BCUT2D eigenvalue weighted by molar-refractivity contribution is 0.500. The molecule has 0 N–H and O–H groups in total. The lowest BCUT2D eigenvalue weighted by Gasteiger charge is -2.21. The lowest BCUT2D eigenvalue weighted by atomic mass is 10.2. The monoisotopic (exact) mass is 268 g/mol. The fraction of sp³-hybridized carbons (Fsp3) is 0.111. The van der Waals surface area contributed by atoms with Gasteiger partial charge in [0.25, 0.3) is 0 Å². The van der Waals surface area contributed by atoms with Gasteiger partial charge in [-0.3, -0.25) is 0 Å². The summed E-state index contributed by atoms with van der Waals surface area (Å²) in [6, 6.07) is 3.41. The second-order valence-electron chi connectivity index (χ2n) is 3.43. The quantitative estimate of drug-likeness (QED) is 0.799. The minimum Gasteiger partial charge on any atom is -0.160 e. The first-order chi connectivity index (χ1) is 8.24. The zero-order chi connectivity index (χ0) is 11.8. The molecule has 86 valence electrons. The Hall–Kier alpha value is -1.66. The van der Waals surface area contributed by atoms with Crippen molar-refractivity contribution in [3.63, 3.8) is 0 Å². The molecule has 0 spiro atoms. The molecule has 2 heterocycles. The van der Waals surface area contributed by atoms with E-state index < -0.39 is 0 Å². The highest BCUT2D eigenvalue weighted by atomic mass is 35.5. The standard InChI is InChI=1S/C9H6Cl2N6/c10-6-3-8(11)7-5-17(15-13-9(7)4-6)16-2-1-12-14-16/h1-4H,5H2. The van der Waals surface area contributed by atoms with Gasteiger partial charge in [0.2, 0.25) is 0 Å². The molecule has 1 aliphatic heterocycles. The number of aromatic nitrogens is 3. The average molecular weight is 269 g/mol. The molecule has 0 amide bonds. The summed E-state index contributed by atoms with van der Waals surface area (Å²) < 4.78 is 0. The van der Waals surface area contributed by atoms with Crippen molar-refractivity contribution in [3.8, 4) is 0 Å². The highest BCUT2D eigenvalue weighted by Gasteiger charge is 2.18. The molecule has 6 nitrogen and oxygen atoms in total. The van der Waals surface area contributed by atoms with Gasteiger partial charge in [-0.05, 0) is 22.6 Å². The van der Waals surface area contributed by atoms with E-state index in [0.29, 0.717) is 22.3 Å². The molecular formula is C9H6Cl2N6. The molecule has 0 aliphatic carbocycles. The normalized spacial score (nSPS) is 13.9. The zero-order valence-corrected chi connectivity index (χ0v) is 9.97. The fourth-order valence-corrected chi connectivity index (χ4v) is 2.09. The van der Waals surface area contributed by atoms with Crippen LogP contribution >= 0.6 is 23.2 Å². The number of hydrogen-bond donors (Lipinski definition) is 0. The number of halogens is 2. The van der Waals surface area contributed by atoms with E-state index in [2.05, 4.69) is 20.6 Å². The van der Waals surface area contributed by atoms with Gasteiger partial charge in [0.1, 0.15) is 0 Å². The highest BCUT2D eigenvalue weighted by molar-refractivity contribution is 6.35. The Balaban J connectivity index is 2.01. The maximum Gasteiger partial charge on any atom is 0.0956 e. The fourth-order valence-electron chi connectivity index (χ4n) is 1.55. The lowest BCUT2D eigenvalue weighted by Crippen LogP contribution is -2.30. The van der Waals surface area contributed by atoms with Crippen molar-refractivity contribution in [3.05, 3.63) is 40.1 Å². The maximum absolute atomic E-state index is 6.12. The van der Waals surface area contributed by atoms with Gasteiger partial charge in [0.15, 0.2) is 0 Å². The Morgan fingerprint density at radius 2 is 2.12 bits per heavy atom. The van der Waals surface area contributed by atoms with Crippen LogP contribution in [-0.2, 0) is 6.54 Å². The van der Waals surface area contributed by atoms with Crippen LogP contribution < -0.4 is 5.12 Å². The Morgan fingerprint density at radius 3 is 2.88 bits per heavy atom. The van der Waals surface area contributed by atoms with E-state index in [-0.39, 0.29) is 0 Å². The number of benzene rings is 1. The summed E-state index contributed by atoms with van der Waals surface area (Å²) in [7, 11) is 0. The van der Waals surface area contributed by atoms with Gasteiger partial charge in [-0.25, -0.2) is 0 Å². The molecule has 1 aliphatic rings. The van der Waals surface area contributed by atoms with E-state index in [0.717, 1.165) is 5.56 Å². The third-order valence-electron chi connectivity index (χ3n) is 2.34. The second kappa shape index (κ2) is 3.97. The zero-order valence-electron chi connectivity index (χ0n) is 8.46. The van der Waals surface area contributed by atoms with Gasteiger partial charge >= 0.3 is 0 Å². The van der Waals surface area contributed by atoms with Crippen LogP contribution in [0.2, 0.25) is 10.0 Å². The van der Waals surface area contributed by atoms with E-state index in [1.54, 1.807) is 29.6 Å². The number of nitrogens with zero attached hydrogens (tertiary/aromatic N) is 6. The molecule has 3 rings (SSSR count). The van der Waals surface area contributed by atoms with Crippen molar-refractivity contribution >= 4 is 28.9 Å². The van der Waals surface area contributed by atoms with E-state index in [1.165, 1.54) is 4.79 Å².